The first kappa shape index (κ1) is 15.3. The molecule has 0 bridgehead atoms. The fraction of sp³-hybridized carbons (Fsp3) is 0.308. The number of hydrogen-bond acceptors (Lipinski definition) is 8. The van der Waals surface area contributed by atoms with Crippen molar-refractivity contribution in [3.8, 4) is 5.88 Å². The molecule has 3 rings (SSSR count). The van der Waals surface area contributed by atoms with E-state index in [9.17, 15) is 4.79 Å². The van der Waals surface area contributed by atoms with Crippen molar-refractivity contribution in [3.63, 3.8) is 0 Å². The van der Waals surface area contributed by atoms with Crippen LogP contribution < -0.4 is 10.1 Å². The summed E-state index contributed by atoms with van der Waals surface area (Å²) >= 11 is 1.27. The van der Waals surface area contributed by atoms with Crippen molar-refractivity contribution >= 4 is 33.3 Å². The van der Waals surface area contributed by atoms with Gasteiger partial charge in [-0.3, -0.25) is 4.79 Å². The van der Waals surface area contributed by atoms with Gasteiger partial charge in [0.1, 0.15) is 11.4 Å². The number of fused-ring (bicyclic) bond motifs is 1. The normalized spacial score (nSPS) is 10.9. The Morgan fingerprint density at radius 3 is 2.87 bits per heavy atom. The average Bonchev–Trinajstić information content (AvgIpc) is 3.15. The van der Waals surface area contributed by atoms with Crippen molar-refractivity contribution in [1.82, 2.24) is 25.4 Å². The maximum absolute atomic E-state index is 12.4. The second kappa shape index (κ2) is 6.26. The first-order valence-electron chi connectivity index (χ1n) is 6.64. The third-order valence-electron chi connectivity index (χ3n) is 3.13. The first-order valence-corrected chi connectivity index (χ1v) is 7.45. The number of amides is 1. The highest BCUT2D eigenvalue weighted by Gasteiger charge is 2.21. The maximum atomic E-state index is 12.4. The topological polar surface area (TPSA) is 115 Å². The van der Waals surface area contributed by atoms with Crippen molar-refractivity contribution in [2.24, 2.45) is 0 Å². The lowest BCUT2D eigenvalue weighted by Crippen LogP contribution is -2.11. The number of nitrogens with one attached hydrogen (secondary N) is 2. The number of aromatic amines is 1. The van der Waals surface area contributed by atoms with Crippen LogP contribution in [0.2, 0.25) is 0 Å². The van der Waals surface area contributed by atoms with Gasteiger partial charge >= 0.3 is 0 Å². The molecule has 3 aromatic heterocycles. The number of methoxy groups -OCH3 is 2. The highest BCUT2D eigenvalue weighted by Crippen LogP contribution is 2.35. The molecule has 9 nitrogen and oxygen atoms in total. The Morgan fingerprint density at radius 1 is 1.39 bits per heavy atom. The number of H-pyrrole nitrogens is 1. The summed E-state index contributed by atoms with van der Waals surface area (Å²) in [5.74, 6) is 0.998. The molecule has 0 aliphatic heterocycles. The molecule has 1 amide bonds. The molecule has 2 N–H and O–H groups in total. The van der Waals surface area contributed by atoms with E-state index in [1.165, 1.54) is 24.6 Å². The predicted octanol–water partition coefficient (Wildman–Crippen LogP) is 1.53. The third kappa shape index (κ3) is 2.85. The summed E-state index contributed by atoms with van der Waals surface area (Å²) in [6, 6.07) is 0. The van der Waals surface area contributed by atoms with Crippen LogP contribution in [0, 0.1) is 6.92 Å². The molecular formula is C13H14N6O3S. The fourth-order valence-electron chi connectivity index (χ4n) is 2.14. The molecule has 0 aromatic carbocycles. The number of nitrogens with zero attached hydrogens (tertiary/aromatic N) is 4. The molecule has 0 aliphatic rings. The van der Waals surface area contributed by atoms with E-state index in [-0.39, 0.29) is 12.5 Å². The van der Waals surface area contributed by atoms with E-state index in [2.05, 4.69) is 30.7 Å². The lowest BCUT2D eigenvalue weighted by molar-refractivity contribution is 0.102. The highest BCUT2D eigenvalue weighted by molar-refractivity contribution is 7.20. The van der Waals surface area contributed by atoms with Crippen molar-refractivity contribution in [1.29, 1.82) is 0 Å². The standard InChI is InChI=1S/C13H14N6O3S/c1-6-9-12(22-3)16-8(5-21-2)17-13(9)23-10(6)11(20)15-7-4-14-19-18-7/h4H,5H2,1-3H3,(H2,14,15,18,19,20). The zero-order valence-corrected chi connectivity index (χ0v) is 13.5. The summed E-state index contributed by atoms with van der Waals surface area (Å²) < 4.78 is 10.4. The quantitative estimate of drug-likeness (QED) is 0.727. The summed E-state index contributed by atoms with van der Waals surface area (Å²) in [6.45, 7) is 2.10. The van der Waals surface area contributed by atoms with Crippen LogP contribution in [0.15, 0.2) is 6.20 Å². The average molecular weight is 334 g/mol. The second-order valence-electron chi connectivity index (χ2n) is 4.63. The van der Waals surface area contributed by atoms with Gasteiger partial charge in [-0.1, -0.05) is 0 Å². The van der Waals surface area contributed by atoms with Gasteiger partial charge in [0, 0.05) is 7.11 Å². The fourth-order valence-corrected chi connectivity index (χ4v) is 3.22. The van der Waals surface area contributed by atoms with Crippen LogP contribution in [0.4, 0.5) is 5.82 Å². The van der Waals surface area contributed by atoms with Gasteiger partial charge in [-0.15, -0.1) is 16.4 Å². The lowest BCUT2D eigenvalue weighted by atomic mass is 10.2. The predicted molar refractivity (Wildman–Crippen MR) is 83.8 cm³/mol. The van der Waals surface area contributed by atoms with E-state index in [1.54, 1.807) is 7.11 Å². The molecule has 120 valence electrons. The molecule has 10 heteroatoms. The number of aromatic nitrogens is 5. The van der Waals surface area contributed by atoms with Gasteiger partial charge in [0.05, 0.1) is 23.6 Å². The molecule has 3 aromatic rings. The Bertz CT molecular complexity index is 845. The number of anilines is 1. The minimum Gasteiger partial charge on any atom is -0.480 e. The van der Waals surface area contributed by atoms with Gasteiger partial charge in [-0.25, -0.2) is 4.98 Å². The Balaban J connectivity index is 2.04. The molecule has 0 spiro atoms. The molecule has 0 radical (unpaired) electrons. The van der Waals surface area contributed by atoms with E-state index in [1.807, 2.05) is 6.92 Å². The van der Waals surface area contributed by atoms with Gasteiger partial charge in [0.15, 0.2) is 11.6 Å². The van der Waals surface area contributed by atoms with Gasteiger partial charge in [-0.05, 0) is 12.5 Å². The molecule has 3 heterocycles. The lowest BCUT2D eigenvalue weighted by Gasteiger charge is -2.04. The number of hydrogen-bond donors (Lipinski definition) is 2. The van der Waals surface area contributed by atoms with Gasteiger partial charge in [-0.2, -0.15) is 15.3 Å². The van der Waals surface area contributed by atoms with E-state index in [0.717, 1.165) is 10.9 Å². The van der Waals surface area contributed by atoms with Crippen LogP contribution in [0.1, 0.15) is 21.1 Å². The summed E-state index contributed by atoms with van der Waals surface area (Å²) in [5.41, 5.74) is 0.756. The number of ether oxygens (including phenoxy) is 2. The van der Waals surface area contributed by atoms with Gasteiger partial charge < -0.3 is 14.8 Å². The van der Waals surface area contributed by atoms with Gasteiger partial charge in [0.25, 0.3) is 5.91 Å². The molecule has 0 unspecified atom stereocenters. The van der Waals surface area contributed by atoms with Crippen molar-refractivity contribution < 1.29 is 14.3 Å². The molecule has 0 atom stereocenters. The van der Waals surface area contributed by atoms with Crippen molar-refractivity contribution in [2.75, 3.05) is 19.5 Å². The highest BCUT2D eigenvalue weighted by atomic mass is 32.1. The van der Waals surface area contributed by atoms with Crippen LogP contribution in [-0.2, 0) is 11.3 Å². The van der Waals surface area contributed by atoms with E-state index in [0.29, 0.717) is 27.2 Å². The smallest absolute Gasteiger partial charge is 0.267 e. The zero-order valence-electron chi connectivity index (χ0n) is 12.7. The van der Waals surface area contributed by atoms with Crippen molar-refractivity contribution in [2.45, 2.75) is 13.5 Å². The monoisotopic (exact) mass is 334 g/mol. The van der Waals surface area contributed by atoms with Gasteiger partial charge in [0.2, 0.25) is 5.88 Å². The molecule has 0 fully saturated rings. The number of thiophene rings is 1. The Kier molecular flexibility index (Phi) is 4.17. The number of rotatable bonds is 5. The summed E-state index contributed by atoms with van der Waals surface area (Å²) in [4.78, 5) is 22.3. The minimum absolute atomic E-state index is 0.268. The Morgan fingerprint density at radius 2 is 2.22 bits per heavy atom. The minimum atomic E-state index is -0.283. The maximum Gasteiger partial charge on any atom is 0.267 e. The first-order chi connectivity index (χ1) is 11.1. The SMILES string of the molecule is COCc1nc(OC)c2c(C)c(C(=O)Nc3cn[nH]n3)sc2n1. The van der Waals surface area contributed by atoms with E-state index >= 15 is 0 Å². The van der Waals surface area contributed by atoms with Crippen LogP contribution >= 0.6 is 11.3 Å². The second-order valence-corrected chi connectivity index (χ2v) is 5.63. The summed E-state index contributed by atoms with van der Waals surface area (Å²) in [6.07, 6.45) is 1.43. The van der Waals surface area contributed by atoms with E-state index < -0.39 is 0 Å². The number of aryl methyl sites for hydroxylation is 1. The zero-order chi connectivity index (χ0) is 16.4. The number of carbonyl (C=O) groups excluding carboxylic acids is 1. The van der Waals surface area contributed by atoms with Crippen LogP contribution in [0.25, 0.3) is 10.2 Å². The third-order valence-corrected chi connectivity index (χ3v) is 4.32. The molecule has 0 saturated carbocycles. The molecule has 0 saturated heterocycles. The molecular weight excluding hydrogens is 320 g/mol. The van der Waals surface area contributed by atoms with E-state index in [4.69, 9.17) is 9.47 Å². The van der Waals surface area contributed by atoms with Crippen LogP contribution in [0.5, 0.6) is 5.88 Å². The Labute approximate surface area is 135 Å². The largest absolute Gasteiger partial charge is 0.480 e. The van der Waals surface area contributed by atoms with Crippen LogP contribution in [0.3, 0.4) is 0 Å². The number of carbonyl (C=O) groups is 1. The van der Waals surface area contributed by atoms with Crippen LogP contribution in [-0.4, -0.2) is 45.5 Å². The summed E-state index contributed by atoms with van der Waals surface area (Å²) in [7, 11) is 3.10. The molecule has 23 heavy (non-hydrogen) atoms. The van der Waals surface area contributed by atoms with Crippen molar-refractivity contribution in [3.05, 3.63) is 22.5 Å². The summed E-state index contributed by atoms with van der Waals surface area (Å²) in [5, 5.41) is 13.3. The molecule has 0 aliphatic carbocycles. The Hall–Kier alpha value is -2.59.